The average Bonchev–Trinajstić information content (AvgIpc) is 2.98. The summed E-state index contributed by atoms with van der Waals surface area (Å²) in [6.07, 6.45) is 0.690. The molecule has 0 aromatic heterocycles. The number of sulfonamides is 1. The predicted molar refractivity (Wildman–Crippen MR) is 154 cm³/mol. The van der Waals surface area contributed by atoms with Crippen LogP contribution in [-0.4, -0.2) is 90.3 Å². The van der Waals surface area contributed by atoms with Crippen LogP contribution in [0, 0.1) is 0 Å². The van der Waals surface area contributed by atoms with E-state index in [4.69, 9.17) is 24.5 Å². The van der Waals surface area contributed by atoms with Crippen molar-refractivity contribution in [3.63, 3.8) is 0 Å². The molecule has 1 aliphatic rings. The molecule has 10 nitrogen and oxygen atoms in total. The molecule has 0 aliphatic carbocycles. The van der Waals surface area contributed by atoms with Crippen molar-refractivity contribution < 1.29 is 38.1 Å². The number of piperazine rings is 1. The van der Waals surface area contributed by atoms with Gasteiger partial charge in [-0.3, -0.25) is 4.90 Å². The molecule has 4 rings (SSSR count). The molecule has 0 amide bonds. The van der Waals surface area contributed by atoms with Crippen LogP contribution in [0.15, 0.2) is 96.4 Å². The topological polar surface area (TPSA) is 145 Å². The van der Waals surface area contributed by atoms with Crippen LogP contribution in [0.1, 0.15) is 22.8 Å². The summed E-state index contributed by atoms with van der Waals surface area (Å²) >= 11 is 0. The van der Waals surface area contributed by atoms with Crippen LogP contribution >= 0.6 is 0 Å². The quantitative estimate of drug-likeness (QED) is 0.307. The van der Waals surface area contributed by atoms with Gasteiger partial charge in [0.25, 0.3) is 0 Å². The summed E-state index contributed by atoms with van der Waals surface area (Å²) in [4.78, 5) is 20.3. The minimum absolute atomic E-state index is 0.187. The molecule has 1 fully saturated rings. The maximum Gasteiger partial charge on any atom is 0.414 e. The van der Waals surface area contributed by atoms with Crippen LogP contribution in [0.2, 0.25) is 0 Å². The number of nitrogens with zero attached hydrogens (tertiary/aromatic N) is 2. The molecule has 3 N–H and O–H groups in total. The Morgan fingerprint density at radius 2 is 1.24 bits per heavy atom. The largest absolute Gasteiger partial charge is 0.473 e. The smallest absolute Gasteiger partial charge is 0.414 e. The van der Waals surface area contributed by atoms with E-state index in [9.17, 15) is 13.5 Å². The number of rotatable bonds is 10. The normalized spacial score (nSPS) is 15.3. The molecule has 3 aromatic rings. The summed E-state index contributed by atoms with van der Waals surface area (Å²) in [6, 6.07) is 29.3. The van der Waals surface area contributed by atoms with Gasteiger partial charge in [0.15, 0.2) is 0 Å². The molecule has 0 radical (unpaired) electrons. The van der Waals surface area contributed by atoms with Crippen LogP contribution in [0.3, 0.4) is 0 Å². The molecule has 1 heterocycles. The van der Waals surface area contributed by atoms with Crippen molar-refractivity contribution in [1.82, 2.24) is 9.21 Å². The van der Waals surface area contributed by atoms with E-state index in [1.165, 1.54) is 9.71 Å². The van der Waals surface area contributed by atoms with E-state index in [0.29, 0.717) is 32.7 Å². The number of carbonyl (C=O) groups is 2. The number of carboxylic acid groups (broad SMARTS) is 2. The second kappa shape index (κ2) is 15.8. The van der Waals surface area contributed by atoms with Crippen molar-refractivity contribution in [2.24, 2.45) is 0 Å². The highest BCUT2D eigenvalue weighted by molar-refractivity contribution is 7.92. The number of benzene rings is 3. The summed E-state index contributed by atoms with van der Waals surface area (Å²) in [7, 11) is -3.48. The number of carboxylic acids is 2. The monoisotopic (exact) mass is 582 g/mol. The van der Waals surface area contributed by atoms with Gasteiger partial charge in [-0.25, -0.2) is 18.0 Å². The molecular formula is C30H34N2O8S. The van der Waals surface area contributed by atoms with E-state index in [1.54, 1.807) is 6.08 Å². The van der Waals surface area contributed by atoms with Crippen molar-refractivity contribution in [2.75, 3.05) is 39.3 Å². The fourth-order valence-corrected chi connectivity index (χ4v) is 5.35. The zero-order valence-corrected chi connectivity index (χ0v) is 23.2. The van der Waals surface area contributed by atoms with Crippen molar-refractivity contribution >= 4 is 28.0 Å². The van der Waals surface area contributed by atoms with Gasteiger partial charge in [0.2, 0.25) is 10.0 Å². The fourth-order valence-electron chi connectivity index (χ4n) is 4.18. The molecule has 1 atom stereocenters. The number of aliphatic carboxylic acids is 2. The summed E-state index contributed by atoms with van der Waals surface area (Å²) in [5.41, 5.74) is 2.92. The molecule has 1 aliphatic heterocycles. The molecule has 3 aromatic carbocycles. The maximum absolute atomic E-state index is 12.7. The van der Waals surface area contributed by atoms with Gasteiger partial charge in [-0.2, -0.15) is 4.31 Å². The van der Waals surface area contributed by atoms with Crippen molar-refractivity contribution in [1.29, 1.82) is 0 Å². The van der Waals surface area contributed by atoms with E-state index in [-0.39, 0.29) is 12.7 Å². The first-order valence-corrected chi connectivity index (χ1v) is 14.5. The van der Waals surface area contributed by atoms with Crippen molar-refractivity contribution in [3.05, 3.63) is 113 Å². The lowest BCUT2D eigenvalue weighted by Crippen LogP contribution is -2.50. The first-order chi connectivity index (χ1) is 19.7. The number of hydrogen-bond acceptors (Lipinski definition) is 7. The molecule has 1 unspecified atom stereocenters. The van der Waals surface area contributed by atoms with E-state index in [1.807, 2.05) is 91.0 Å². The Morgan fingerprint density at radius 1 is 0.780 bits per heavy atom. The van der Waals surface area contributed by atoms with Crippen molar-refractivity contribution in [2.45, 2.75) is 12.2 Å². The first kappa shape index (κ1) is 31.7. The van der Waals surface area contributed by atoms with E-state index in [2.05, 4.69) is 4.90 Å². The van der Waals surface area contributed by atoms with Crippen LogP contribution in [-0.2, 0) is 24.3 Å². The Balaban J connectivity index is 0.000000696. The number of β-amino-alcohol motifs (C(OH)–C–C–N with tert-alkyl or cyclic N) is 1. The van der Waals surface area contributed by atoms with Gasteiger partial charge in [-0.1, -0.05) is 91.0 Å². The zero-order valence-electron chi connectivity index (χ0n) is 22.4. The standard InChI is InChI=1S/C28H32N2O4S.C2H2O4/c31-27(23-34-28(25-12-6-2-7-13-25)26-14-8-3-9-15-26)22-29-17-19-30(20-18-29)35(32,33)21-16-24-10-4-1-5-11-24;3-1(4)2(5)6/h1-16,21,27-28,31H,17-20,22-23H2;(H,3,4)(H,5,6). The minimum Gasteiger partial charge on any atom is -0.473 e. The second-order valence-corrected chi connectivity index (χ2v) is 11.1. The van der Waals surface area contributed by atoms with E-state index in [0.717, 1.165) is 16.7 Å². The molecule has 0 saturated carbocycles. The van der Waals surface area contributed by atoms with Gasteiger partial charge in [-0.15, -0.1) is 0 Å². The van der Waals surface area contributed by atoms with Gasteiger partial charge in [-0.05, 0) is 22.8 Å². The first-order valence-electron chi connectivity index (χ1n) is 13.0. The number of ether oxygens (including phenoxy) is 1. The summed E-state index contributed by atoms with van der Waals surface area (Å²) in [5, 5.41) is 26.7. The minimum atomic E-state index is -3.48. The molecule has 0 bridgehead atoms. The molecule has 11 heteroatoms. The number of aliphatic hydroxyl groups excluding tert-OH is 1. The number of hydrogen-bond donors (Lipinski definition) is 3. The predicted octanol–water partition coefficient (Wildman–Crippen LogP) is 2.93. The summed E-state index contributed by atoms with van der Waals surface area (Å²) in [5.74, 6) is -3.65. The van der Waals surface area contributed by atoms with Crippen LogP contribution in [0.4, 0.5) is 0 Å². The van der Waals surface area contributed by atoms with Gasteiger partial charge >= 0.3 is 11.9 Å². The van der Waals surface area contributed by atoms with Gasteiger partial charge < -0.3 is 20.1 Å². The molecular weight excluding hydrogens is 548 g/mol. The summed E-state index contributed by atoms with van der Waals surface area (Å²) < 4.78 is 33.0. The third-order valence-corrected chi connectivity index (χ3v) is 7.80. The van der Waals surface area contributed by atoms with Crippen LogP contribution in [0.25, 0.3) is 6.08 Å². The highest BCUT2D eigenvalue weighted by Gasteiger charge is 2.26. The van der Waals surface area contributed by atoms with Crippen LogP contribution in [0.5, 0.6) is 0 Å². The van der Waals surface area contributed by atoms with E-state index >= 15 is 0 Å². The van der Waals surface area contributed by atoms with E-state index < -0.39 is 28.1 Å². The van der Waals surface area contributed by atoms with Gasteiger partial charge in [0, 0.05) is 38.1 Å². The molecule has 41 heavy (non-hydrogen) atoms. The van der Waals surface area contributed by atoms with Gasteiger partial charge in [0.1, 0.15) is 6.10 Å². The Labute approximate surface area is 239 Å². The lowest BCUT2D eigenvalue weighted by Gasteiger charge is -2.34. The SMILES string of the molecule is O=C(O)C(=O)O.O=S(=O)(C=Cc1ccccc1)N1CCN(CC(O)COC(c2ccccc2)c2ccccc2)CC1. The second-order valence-electron chi connectivity index (χ2n) is 9.26. The molecule has 218 valence electrons. The highest BCUT2D eigenvalue weighted by Crippen LogP contribution is 2.26. The highest BCUT2D eigenvalue weighted by atomic mass is 32.2. The third-order valence-electron chi connectivity index (χ3n) is 6.24. The van der Waals surface area contributed by atoms with Gasteiger partial charge in [0.05, 0.1) is 12.7 Å². The maximum atomic E-state index is 12.7. The Hall–Kier alpha value is -3.87. The Bertz CT molecular complexity index is 1310. The zero-order chi connectivity index (χ0) is 29.7. The molecule has 0 spiro atoms. The van der Waals surface area contributed by atoms with Crippen LogP contribution < -0.4 is 0 Å². The Morgan fingerprint density at radius 3 is 1.71 bits per heavy atom. The number of aliphatic hydroxyl groups is 1. The lowest BCUT2D eigenvalue weighted by molar-refractivity contribution is -0.159. The molecule has 1 saturated heterocycles. The third kappa shape index (κ3) is 10.6. The average molecular weight is 583 g/mol. The fraction of sp³-hybridized carbons (Fsp3) is 0.267. The Kier molecular flexibility index (Phi) is 12.2. The van der Waals surface area contributed by atoms with Crippen molar-refractivity contribution in [3.8, 4) is 0 Å². The lowest BCUT2D eigenvalue weighted by atomic mass is 10.0. The summed E-state index contributed by atoms with van der Waals surface area (Å²) in [6.45, 7) is 2.54.